The summed E-state index contributed by atoms with van der Waals surface area (Å²) in [6.45, 7) is 2.24. The molecule has 0 saturated heterocycles. The first kappa shape index (κ1) is 20.7. The van der Waals surface area contributed by atoms with E-state index in [1.807, 2.05) is 6.92 Å². The van der Waals surface area contributed by atoms with Gasteiger partial charge >= 0.3 is 0 Å². The smallest absolute Gasteiger partial charge is 0.251 e. The summed E-state index contributed by atoms with van der Waals surface area (Å²) in [6, 6.07) is 11.5. The van der Waals surface area contributed by atoms with E-state index in [0.29, 0.717) is 17.1 Å². The van der Waals surface area contributed by atoms with Gasteiger partial charge in [0.2, 0.25) is 10.0 Å². The third kappa shape index (κ3) is 5.45. The second-order valence-electron chi connectivity index (χ2n) is 5.72. The lowest BCUT2D eigenvalue weighted by atomic mass is 10.2. The first-order valence-corrected chi connectivity index (χ1v) is 9.98. The molecule has 2 aromatic carbocycles. The first-order valence-electron chi connectivity index (χ1n) is 8.50. The van der Waals surface area contributed by atoms with E-state index >= 15 is 0 Å². The molecular formula is C19H24N2O5S. The number of ether oxygens (including phenoxy) is 2. The molecule has 0 saturated carbocycles. The highest BCUT2D eigenvalue weighted by Gasteiger charge is 2.14. The lowest BCUT2D eigenvalue weighted by molar-refractivity contribution is 0.0954. The largest absolute Gasteiger partial charge is 0.493 e. The van der Waals surface area contributed by atoms with E-state index in [1.54, 1.807) is 42.5 Å². The van der Waals surface area contributed by atoms with Gasteiger partial charge in [0.25, 0.3) is 5.91 Å². The molecule has 1 amide bonds. The van der Waals surface area contributed by atoms with Crippen LogP contribution in [0.3, 0.4) is 0 Å². The number of sulfonamides is 1. The highest BCUT2D eigenvalue weighted by molar-refractivity contribution is 7.89. The molecule has 0 aliphatic rings. The average molecular weight is 392 g/mol. The summed E-state index contributed by atoms with van der Waals surface area (Å²) in [4.78, 5) is 12.4. The Hall–Kier alpha value is -2.58. The molecule has 0 bridgehead atoms. The summed E-state index contributed by atoms with van der Waals surface area (Å²) in [6.07, 6.45) is 0.843. The van der Waals surface area contributed by atoms with Crippen LogP contribution in [0.4, 0.5) is 0 Å². The van der Waals surface area contributed by atoms with E-state index in [4.69, 9.17) is 9.47 Å². The van der Waals surface area contributed by atoms with Crippen LogP contribution in [0.5, 0.6) is 11.5 Å². The maximum atomic E-state index is 12.2. The Morgan fingerprint density at radius 3 is 2.22 bits per heavy atom. The number of hydrogen-bond donors (Lipinski definition) is 2. The van der Waals surface area contributed by atoms with E-state index in [2.05, 4.69) is 10.0 Å². The zero-order valence-corrected chi connectivity index (χ0v) is 16.4. The minimum atomic E-state index is -3.61. The number of hydrogen-bond acceptors (Lipinski definition) is 5. The molecule has 0 atom stereocenters. The van der Waals surface area contributed by atoms with Gasteiger partial charge in [0.1, 0.15) is 0 Å². The van der Waals surface area contributed by atoms with E-state index < -0.39 is 10.0 Å². The van der Waals surface area contributed by atoms with Gasteiger partial charge in [-0.2, -0.15) is 0 Å². The van der Waals surface area contributed by atoms with Crippen molar-refractivity contribution in [1.29, 1.82) is 0 Å². The van der Waals surface area contributed by atoms with E-state index in [1.165, 1.54) is 14.2 Å². The summed E-state index contributed by atoms with van der Waals surface area (Å²) >= 11 is 0. The summed E-state index contributed by atoms with van der Waals surface area (Å²) in [7, 11) is -0.604. The predicted octanol–water partition coefficient (Wildman–Crippen LogP) is 1.97. The van der Waals surface area contributed by atoms with E-state index in [9.17, 15) is 13.2 Å². The molecule has 2 rings (SSSR count). The number of rotatable bonds is 9. The fraction of sp³-hybridized carbons (Fsp3) is 0.316. The normalized spacial score (nSPS) is 11.1. The third-order valence-corrected chi connectivity index (χ3v) is 5.47. The number of benzene rings is 2. The van der Waals surface area contributed by atoms with Gasteiger partial charge in [-0.1, -0.05) is 19.1 Å². The van der Waals surface area contributed by atoms with E-state index in [0.717, 1.165) is 12.0 Å². The van der Waals surface area contributed by atoms with Crippen LogP contribution in [0.2, 0.25) is 0 Å². The molecule has 0 fully saturated rings. The van der Waals surface area contributed by atoms with Crippen molar-refractivity contribution in [1.82, 2.24) is 10.0 Å². The molecule has 2 N–H and O–H groups in total. The van der Waals surface area contributed by atoms with Crippen LogP contribution < -0.4 is 19.5 Å². The second-order valence-corrected chi connectivity index (χ2v) is 7.49. The lowest BCUT2D eigenvalue weighted by Gasteiger charge is -2.11. The molecule has 0 aliphatic carbocycles. The molecule has 0 aromatic heterocycles. The molecule has 0 aliphatic heterocycles. The van der Waals surface area contributed by atoms with Crippen LogP contribution in [0.25, 0.3) is 0 Å². The van der Waals surface area contributed by atoms with Gasteiger partial charge in [0.05, 0.1) is 19.1 Å². The minimum Gasteiger partial charge on any atom is -0.493 e. The summed E-state index contributed by atoms with van der Waals surface area (Å²) in [5, 5.41) is 2.67. The molecule has 0 radical (unpaired) electrons. The van der Waals surface area contributed by atoms with Gasteiger partial charge in [-0.15, -0.1) is 0 Å². The van der Waals surface area contributed by atoms with Crippen molar-refractivity contribution < 1.29 is 22.7 Å². The Bertz CT molecular complexity index is 879. The van der Waals surface area contributed by atoms with Crippen LogP contribution in [0, 0.1) is 0 Å². The molecular weight excluding hydrogens is 368 g/mol. The number of aryl methyl sites for hydroxylation is 1. The molecule has 27 heavy (non-hydrogen) atoms. The number of methoxy groups -OCH3 is 2. The highest BCUT2D eigenvalue weighted by atomic mass is 32.2. The van der Waals surface area contributed by atoms with Crippen molar-refractivity contribution >= 4 is 15.9 Å². The van der Waals surface area contributed by atoms with Crippen molar-refractivity contribution in [2.45, 2.75) is 18.2 Å². The Kier molecular flexibility index (Phi) is 7.20. The summed E-state index contributed by atoms with van der Waals surface area (Å²) < 4.78 is 37.3. The SMILES string of the molecule is CCc1ccc(S(=O)(=O)NCCNC(=O)c2ccc(OC)c(OC)c2)cc1. The Morgan fingerprint density at radius 1 is 0.963 bits per heavy atom. The van der Waals surface area contributed by atoms with Gasteiger partial charge in [-0.05, 0) is 42.3 Å². The fourth-order valence-electron chi connectivity index (χ4n) is 2.43. The maximum absolute atomic E-state index is 12.2. The lowest BCUT2D eigenvalue weighted by Crippen LogP contribution is -2.34. The van der Waals surface area contributed by atoms with Crippen LogP contribution in [-0.4, -0.2) is 41.6 Å². The Labute approximate surface area is 159 Å². The zero-order valence-electron chi connectivity index (χ0n) is 15.6. The average Bonchev–Trinajstić information content (AvgIpc) is 2.70. The summed E-state index contributed by atoms with van der Waals surface area (Å²) in [5.41, 5.74) is 1.46. The van der Waals surface area contributed by atoms with Gasteiger partial charge in [-0.25, -0.2) is 13.1 Å². The fourth-order valence-corrected chi connectivity index (χ4v) is 3.46. The topological polar surface area (TPSA) is 93.7 Å². The van der Waals surface area contributed by atoms with E-state index in [-0.39, 0.29) is 23.9 Å². The monoisotopic (exact) mass is 392 g/mol. The van der Waals surface area contributed by atoms with Crippen LogP contribution in [-0.2, 0) is 16.4 Å². The predicted molar refractivity (Wildman–Crippen MR) is 103 cm³/mol. The third-order valence-electron chi connectivity index (χ3n) is 3.99. The zero-order chi connectivity index (χ0) is 19.9. The van der Waals surface area contributed by atoms with Gasteiger partial charge in [0.15, 0.2) is 11.5 Å². The van der Waals surface area contributed by atoms with Crippen molar-refractivity contribution in [3.8, 4) is 11.5 Å². The number of amides is 1. The summed E-state index contributed by atoms with van der Waals surface area (Å²) in [5.74, 6) is 0.639. The van der Waals surface area contributed by atoms with Crippen molar-refractivity contribution in [2.75, 3.05) is 27.3 Å². The first-order chi connectivity index (χ1) is 12.9. The van der Waals surface area contributed by atoms with Crippen LogP contribution >= 0.6 is 0 Å². The molecule has 0 heterocycles. The number of nitrogens with one attached hydrogen (secondary N) is 2. The molecule has 2 aromatic rings. The van der Waals surface area contributed by atoms with Gasteiger partial charge in [-0.3, -0.25) is 4.79 Å². The molecule has 7 nitrogen and oxygen atoms in total. The van der Waals surface area contributed by atoms with Gasteiger partial charge in [0, 0.05) is 18.7 Å². The Balaban J connectivity index is 1.89. The maximum Gasteiger partial charge on any atom is 0.251 e. The minimum absolute atomic E-state index is 0.0803. The standard InChI is InChI=1S/C19H24N2O5S/c1-4-14-5-8-16(9-6-14)27(23,24)21-12-11-20-19(22)15-7-10-17(25-2)18(13-15)26-3/h5-10,13,21H,4,11-12H2,1-3H3,(H,20,22). The molecule has 146 valence electrons. The second kappa shape index (κ2) is 9.38. The van der Waals surface area contributed by atoms with Crippen molar-refractivity contribution in [2.24, 2.45) is 0 Å². The number of carbonyl (C=O) groups is 1. The van der Waals surface area contributed by atoms with Crippen LogP contribution in [0.15, 0.2) is 47.4 Å². The Morgan fingerprint density at radius 2 is 1.63 bits per heavy atom. The highest BCUT2D eigenvalue weighted by Crippen LogP contribution is 2.27. The van der Waals surface area contributed by atoms with Crippen molar-refractivity contribution in [3.05, 3.63) is 53.6 Å². The molecule has 0 unspecified atom stereocenters. The van der Waals surface area contributed by atoms with Crippen LogP contribution in [0.1, 0.15) is 22.8 Å². The quantitative estimate of drug-likeness (QED) is 0.637. The molecule has 8 heteroatoms. The molecule has 0 spiro atoms. The van der Waals surface area contributed by atoms with Gasteiger partial charge < -0.3 is 14.8 Å². The van der Waals surface area contributed by atoms with Crippen molar-refractivity contribution in [3.63, 3.8) is 0 Å². The number of carbonyl (C=O) groups excluding carboxylic acids is 1.